The second-order valence-corrected chi connectivity index (χ2v) is 5.98. The monoisotopic (exact) mass is 402 g/mol. The number of nitrogens with two attached hydrogens (primary N) is 1. The van der Waals surface area contributed by atoms with E-state index in [1.54, 1.807) is 0 Å². The average molecular weight is 403 g/mol. The second-order valence-electron chi connectivity index (χ2n) is 5.20. The third-order valence-corrected chi connectivity index (χ3v) is 4.26. The number of nitrogen functional groups attached to an aromatic ring is 1. The van der Waals surface area contributed by atoms with Gasteiger partial charge in [-0.15, -0.1) is 0 Å². The highest BCUT2D eigenvalue weighted by Crippen LogP contribution is 2.30. The lowest BCUT2D eigenvalue weighted by atomic mass is 10.1. The van der Waals surface area contributed by atoms with Gasteiger partial charge in [-0.25, -0.2) is 13.6 Å². The fraction of sp³-hybridized carbons (Fsp3) is 0.176. The zero-order chi connectivity index (χ0) is 19.3. The van der Waals surface area contributed by atoms with Gasteiger partial charge in [0.2, 0.25) is 0 Å². The fourth-order valence-corrected chi connectivity index (χ4v) is 2.43. The van der Waals surface area contributed by atoms with Crippen LogP contribution in [-0.2, 0) is 16.0 Å². The summed E-state index contributed by atoms with van der Waals surface area (Å²) in [4.78, 5) is 23.6. The Bertz CT molecular complexity index is 827. The minimum atomic E-state index is -0.851. The number of hydrogen-bond donors (Lipinski definition) is 2. The van der Waals surface area contributed by atoms with Crippen LogP contribution >= 0.6 is 23.2 Å². The SMILES string of the molecule is Nc1c(C(=O)OCC(=O)NCCc2c(F)cccc2F)ccc(Cl)c1Cl. The zero-order valence-electron chi connectivity index (χ0n) is 13.3. The van der Waals surface area contributed by atoms with Gasteiger partial charge in [0.15, 0.2) is 6.61 Å². The average Bonchev–Trinajstić information content (AvgIpc) is 2.60. The van der Waals surface area contributed by atoms with Gasteiger partial charge in [0, 0.05) is 12.1 Å². The van der Waals surface area contributed by atoms with Crippen LogP contribution in [0, 0.1) is 11.6 Å². The first-order chi connectivity index (χ1) is 12.3. The summed E-state index contributed by atoms with van der Waals surface area (Å²) in [6.45, 7) is -0.610. The first kappa shape index (κ1) is 19.9. The van der Waals surface area contributed by atoms with Crippen molar-refractivity contribution < 1.29 is 23.1 Å². The Kier molecular flexibility index (Phi) is 6.76. The molecule has 138 valence electrons. The number of ether oxygens (including phenoxy) is 1. The maximum atomic E-state index is 13.5. The lowest BCUT2D eigenvalue weighted by Gasteiger charge is -2.10. The molecule has 0 saturated carbocycles. The Morgan fingerprint density at radius 1 is 1.12 bits per heavy atom. The summed E-state index contributed by atoms with van der Waals surface area (Å²) >= 11 is 11.6. The number of anilines is 1. The molecular formula is C17H14Cl2F2N2O3. The summed E-state index contributed by atoms with van der Waals surface area (Å²) in [5, 5.41) is 2.59. The van der Waals surface area contributed by atoms with E-state index >= 15 is 0 Å². The van der Waals surface area contributed by atoms with Crippen LogP contribution in [0.1, 0.15) is 15.9 Å². The molecule has 3 N–H and O–H groups in total. The molecule has 5 nitrogen and oxygen atoms in total. The highest BCUT2D eigenvalue weighted by Gasteiger charge is 2.17. The van der Waals surface area contributed by atoms with E-state index in [-0.39, 0.29) is 39.8 Å². The molecule has 0 unspecified atom stereocenters. The highest BCUT2D eigenvalue weighted by molar-refractivity contribution is 6.44. The maximum absolute atomic E-state index is 13.5. The van der Waals surface area contributed by atoms with Gasteiger partial charge in [0.25, 0.3) is 5.91 Å². The normalized spacial score (nSPS) is 10.5. The third kappa shape index (κ3) is 4.83. The molecule has 0 spiro atoms. The van der Waals surface area contributed by atoms with Gasteiger partial charge in [0.1, 0.15) is 11.6 Å². The molecule has 0 atom stereocenters. The van der Waals surface area contributed by atoms with Crippen LogP contribution in [0.5, 0.6) is 0 Å². The minimum Gasteiger partial charge on any atom is -0.452 e. The smallest absolute Gasteiger partial charge is 0.340 e. The number of nitrogens with one attached hydrogen (secondary N) is 1. The standard InChI is InChI=1S/C17H14Cl2F2N2O3/c18-11-5-4-10(16(22)15(11)19)17(25)26-8-14(24)23-7-6-9-12(20)2-1-3-13(9)21/h1-5H,6-8,22H2,(H,23,24). The summed E-state index contributed by atoms with van der Waals surface area (Å²) in [6, 6.07) is 6.21. The summed E-state index contributed by atoms with van der Waals surface area (Å²) in [5.41, 5.74) is 5.46. The summed E-state index contributed by atoms with van der Waals surface area (Å²) in [6.07, 6.45) is -0.0437. The topological polar surface area (TPSA) is 81.4 Å². The van der Waals surface area contributed by atoms with E-state index in [9.17, 15) is 18.4 Å². The van der Waals surface area contributed by atoms with Crippen molar-refractivity contribution in [1.82, 2.24) is 5.32 Å². The Balaban J connectivity index is 1.84. The molecule has 26 heavy (non-hydrogen) atoms. The van der Waals surface area contributed by atoms with Gasteiger partial charge in [-0.3, -0.25) is 4.79 Å². The van der Waals surface area contributed by atoms with E-state index in [4.69, 9.17) is 33.7 Å². The number of amides is 1. The lowest BCUT2D eigenvalue weighted by molar-refractivity contribution is -0.124. The summed E-state index contributed by atoms with van der Waals surface area (Å²) in [5.74, 6) is -2.87. The van der Waals surface area contributed by atoms with Crippen molar-refractivity contribution in [3.8, 4) is 0 Å². The van der Waals surface area contributed by atoms with Gasteiger partial charge in [-0.05, 0) is 30.7 Å². The van der Waals surface area contributed by atoms with Crippen LogP contribution in [0.15, 0.2) is 30.3 Å². The van der Waals surface area contributed by atoms with Crippen LogP contribution in [0.4, 0.5) is 14.5 Å². The number of esters is 1. The van der Waals surface area contributed by atoms with Crippen molar-refractivity contribution >= 4 is 40.8 Å². The molecule has 0 heterocycles. The Morgan fingerprint density at radius 3 is 2.42 bits per heavy atom. The van der Waals surface area contributed by atoms with Crippen molar-refractivity contribution in [3.63, 3.8) is 0 Å². The number of rotatable bonds is 6. The molecule has 0 aliphatic heterocycles. The van der Waals surface area contributed by atoms with Crippen LogP contribution in [0.2, 0.25) is 10.0 Å². The molecule has 0 aliphatic carbocycles. The Morgan fingerprint density at radius 2 is 1.77 bits per heavy atom. The van der Waals surface area contributed by atoms with E-state index in [1.807, 2.05) is 0 Å². The Labute approximate surface area is 158 Å². The van der Waals surface area contributed by atoms with Gasteiger partial charge in [-0.2, -0.15) is 0 Å². The van der Waals surface area contributed by atoms with Gasteiger partial charge < -0.3 is 15.8 Å². The predicted molar refractivity (Wildman–Crippen MR) is 94.2 cm³/mol. The highest BCUT2D eigenvalue weighted by atomic mass is 35.5. The van der Waals surface area contributed by atoms with Gasteiger partial charge >= 0.3 is 5.97 Å². The molecule has 2 aromatic carbocycles. The first-order valence-corrected chi connectivity index (χ1v) is 8.17. The van der Waals surface area contributed by atoms with Crippen LogP contribution in [0.3, 0.4) is 0 Å². The number of carbonyl (C=O) groups is 2. The molecule has 1 amide bonds. The quantitative estimate of drug-likeness (QED) is 0.573. The molecule has 0 aromatic heterocycles. The Hall–Kier alpha value is -2.38. The molecule has 2 aromatic rings. The lowest BCUT2D eigenvalue weighted by Crippen LogP contribution is -2.30. The second kappa shape index (κ2) is 8.82. The number of carbonyl (C=O) groups excluding carboxylic acids is 2. The van der Waals surface area contributed by atoms with E-state index in [0.717, 1.165) is 12.1 Å². The van der Waals surface area contributed by atoms with Crippen LogP contribution < -0.4 is 11.1 Å². The predicted octanol–water partition coefficient (Wildman–Crippen LogP) is 3.37. The van der Waals surface area contributed by atoms with Gasteiger partial charge in [0.05, 0.1) is 21.3 Å². The molecule has 2 rings (SSSR count). The largest absolute Gasteiger partial charge is 0.452 e. The van der Waals surface area contributed by atoms with Crippen LogP contribution in [0.25, 0.3) is 0 Å². The summed E-state index contributed by atoms with van der Waals surface area (Å²) in [7, 11) is 0. The van der Waals surface area contributed by atoms with E-state index in [2.05, 4.69) is 5.32 Å². The number of halogens is 4. The van der Waals surface area contributed by atoms with Crippen molar-refractivity contribution in [1.29, 1.82) is 0 Å². The molecule has 0 aliphatic rings. The fourth-order valence-electron chi connectivity index (χ4n) is 2.10. The molecule has 0 radical (unpaired) electrons. The van der Waals surface area contributed by atoms with Crippen molar-refractivity contribution in [3.05, 3.63) is 63.1 Å². The first-order valence-electron chi connectivity index (χ1n) is 7.41. The third-order valence-electron chi connectivity index (χ3n) is 3.45. The van der Waals surface area contributed by atoms with Crippen molar-refractivity contribution in [2.75, 3.05) is 18.9 Å². The molecule has 0 fully saturated rings. The molecule has 9 heteroatoms. The van der Waals surface area contributed by atoms with Crippen molar-refractivity contribution in [2.45, 2.75) is 6.42 Å². The van der Waals surface area contributed by atoms with E-state index in [0.29, 0.717) is 0 Å². The van der Waals surface area contributed by atoms with Crippen molar-refractivity contribution in [2.24, 2.45) is 0 Å². The van der Waals surface area contributed by atoms with E-state index in [1.165, 1.54) is 18.2 Å². The number of benzene rings is 2. The number of hydrogen-bond acceptors (Lipinski definition) is 4. The summed E-state index contributed by atoms with van der Waals surface area (Å²) < 4.78 is 31.8. The minimum absolute atomic E-state index is 0.0116. The molecule has 0 bridgehead atoms. The van der Waals surface area contributed by atoms with E-state index < -0.39 is 30.1 Å². The molecular weight excluding hydrogens is 389 g/mol. The zero-order valence-corrected chi connectivity index (χ0v) is 14.8. The van der Waals surface area contributed by atoms with Gasteiger partial charge in [-0.1, -0.05) is 29.3 Å². The van der Waals surface area contributed by atoms with Crippen LogP contribution in [-0.4, -0.2) is 25.0 Å². The maximum Gasteiger partial charge on any atom is 0.340 e. The molecule has 0 saturated heterocycles.